The Morgan fingerprint density at radius 1 is 0.516 bits per heavy atom. The van der Waals surface area contributed by atoms with E-state index in [-0.39, 0.29) is 0 Å². The Morgan fingerprint density at radius 3 is 1.87 bits per heavy atom. The van der Waals surface area contributed by atoms with Crippen molar-refractivity contribution in [3.63, 3.8) is 0 Å². The average Bonchev–Trinajstić information content (AvgIpc) is 3.58. The van der Waals surface area contributed by atoms with Gasteiger partial charge in [0.15, 0.2) is 0 Å². The molecule has 0 fully saturated rings. The minimum Gasteiger partial charge on any atom is -0.355 e. The van der Waals surface area contributed by atoms with E-state index in [1.54, 1.807) is 0 Å². The number of benzene rings is 1. The maximum absolute atomic E-state index is 3.60. The van der Waals surface area contributed by atoms with Gasteiger partial charge in [-0.25, -0.2) is 0 Å². The van der Waals surface area contributed by atoms with Gasteiger partial charge in [-0.15, -0.1) is 0 Å². The highest BCUT2D eigenvalue weighted by atomic mass is 14.8. The molecule has 0 atom stereocenters. The first-order chi connectivity index (χ1) is 15.2. The molecule has 6 rings (SSSR count). The quantitative estimate of drug-likeness (QED) is 0.333. The van der Waals surface area contributed by atoms with Gasteiger partial charge in [-0.3, -0.25) is 0 Å². The van der Waals surface area contributed by atoms with Gasteiger partial charge in [0.05, 0.1) is 0 Å². The lowest BCUT2D eigenvalue weighted by molar-refractivity contribution is 1.20. The van der Waals surface area contributed by atoms with E-state index in [1.165, 1.54) is 11.1 Å². The Labute approximate surface area is 179 Å². The lowest BCUT2D eigenvalue weighted by atomic mass is 10.0. The molecule has 5 aromatic rings. The third-order valence-electron chi connectivity index (χ3n) is 5.87. The molecule has 0 aliphatic carbocycles. The second-order valence-electron chi connectivity index (χ2n) is 7.96. The summed E-state index contributed by atoms with van der Waals surface area (Å²) in [7, 11) is 0. The summed E-state index contributed by atoms with van der Waals surface area (Å²) < 4.78 is 0. The van der Waals surface area contributed by atoms with Gasteiger partial charge in [-0.1, -0.05) is 30.3 Å². The zero-order valence-electron chi connectivity index (χ0n) is 17.2. The van der Waals surface area contributed by atoms with E-state index in [2.05, 4.69) is 112 Å². The predicted octanol–water partition coefficient (Wildman–Crippen LogP) is 2.44. The molecular formula is C27H22N4. The van der Waals surface area contributed by atoms with Crippen LogP contribution in [0.5, 0.6) is 0 Å². The summed E-state index contributed by atoms with van der Waals surface area (Å²) in [6.07, 6.45) is 4.28. The van der Waals surface area contributed by atoms with Crippen LogP contribution in [0.4, 0.5) is 0 Å². The summed E-state index contributed by atoms with van der Waals surface area (Å²) in [6, 6.07) is 27.5. The van der Waals surface area contributed by atoms with Crippen LogP contribution in [0.25, 0.3) is 23.3 Å². The van der Waals surface area contributed by atoms with Gasteiger partial charge < -0.3 is 19.9 Å². The van der Waals surface area contributed by atoms with Crippen LogP contribution in [-0.4, -0.2) is 19.9 Å². The Balaban J connectivity index is 1.69. The van der Waals surface area contributed by atoms with E-state index >= 15 is 0 Å². The Kier molecular flexibility index (Phi) is 3.96. The van der Waals surface area contributed by atoms with Crippen LogP contribution in [0, 0.1) is 0 Å². The van der Waals surface area contributed by atoms with Gasteiger partial charge in [0.2, 0.25) is 0 Å². The molecule has 4 aromatic heterocycles. The molecule has 4 heteroatoms. The molecule has 31 heavy (non-hydrogen) atoms. The number of hydrogen-bond donors (Lipinski definition) is 4. The molecule has 0 spiro atoms. The fraction of sp³-hybridized carbons (Fsp3) is 0.0370. The van der Waals surface area contributed by atoms with E-state index in [0.717, 1.165) is 49.7 Å². The number of hydrogen-bond acceptors (Lipinski definition) is 0. The van der Waals surface area contributed by atoms with Crippen LogP contribution in [0.15, 0.2) is 78.9 Å². The molecular weight excluding hydrogens is 380 g/mol. The van der Waals surface area contributed by atoms with Crippen LogP contribution in [0.2, 0.25) is 0 Å². The van der Waals surface area contributed by atoms with Crippen molar-refractivity contribution < 1.29 is 0 Å². The van der Waals surface area contributed by atoms with Crippen molar-refractivity contribution in [1.82, 2.24) is 19.9 Å². The molecule has 1 aromatic carbocycles. The number of nitrogens with one attached hydrogen (secondary N) is 4. The first-order valence-corrected chi connectivity index (χ1v) is 10.5. The number of fused-ring (bicyclic) bond motifs is 8. The maximum Gasteiger partial charge on any atom is 0.0485 e. The summed E-state index contributed by atoms with van der Waals surface area (Å²) >= 11 is 0. The van der Waals surface area contributed by atoms with Crippen molar-refractivity contribution in [1.29, 1.82) is 0 Å². The third kappa shape index (κ3) is 3.19. The van der Waals surface area contributed by atoms with Crippen LogP contribution >= 0.6 is 0 Å². The summed E-state index contributed by atoms with van der Waals surface area (Å²) in [5, 5.41) is 4.31. The van der Waals surface area contributed by atoms with Gasteiger partial charge in [0.1, 0.15) is 0 Å². The molecule has 0 radical (unpaired) electrons. The molecule has 150 valence electrons. The van der Waals surface area contributed by atoms with Crippen molar-refractivity contribution in [3.05, 3.63) is 129 Å². The van der Waals surface area contributed by atoms with Crippen molar-refractivity contribution in [2.45, 2.75) is 6.92 Å². The highest BCUT2D eigenvalue weighted by molar-refractivity contribution is 5.78. The van der Waals surface area contributed by atoms with Crippen LogP contribution in [0.1, 0.15) is 35.3 Å². The minimum atomic E-state index is 1.06. The van der Waals surface area contributed by atoms with Crippen molar-refractivity contribution in [2.75, 3.05) is 0 Å². The van der Waals surface area contributed by atoms with E-state index < -0.39 is 0 Å². The lowest BCUT2D eigenvalue weighted by Gasteiger charge is -2.05. The van der Waals surface area contributed by atoms with Gasteiger partial charge in [0.25, 0.3) is 0 Å². The maximum atomic E-state index is 3.60. The smallest absolute Gasteiger partial charge is 0.0485 e. The number of aromatic amines is 4. The lowest BCUT2D eigenvalue weighted by Crippen LogP contribution is -2.15. The first kappa shape index (κ1) is 17.7. The largest absolute Gasteiger partial charge is 0.355 e. The first-order valence-electron chi connectivity index (χ1n) is 10.5. The fourth-order valence-corrected chi connectivity index (χ4v) is 4.25. The molecule has 1 aliphatic rings. The molecule has 0 amide bonds. The summed E-state index contributed by atoms with van der Waals surface area (Å²) in [5.41, 5.74) is 7.81. The van der Waals surface area contributed by atoms with E-state index in [1.807, 2.05) is 6.07 Å². The van der Waals surface area contributed by atoms with Gasteiger partial charge >= 0.3 is 0 Å². The van der Waals surface area contributed by atoms with Crippen LogP contribution < -0.4 is 21.4 Å². The van der Waals surface area contributed by atoms with E-state index in [9.17, 15) is 0 Å². The third-order valence-corrected chi connectivity index (χ3v) is 5.87. The number of aromatic nitrogens is 4. The normalized spacial score (nSPS) is 13.1. The second kappa shape index (κ2) is 6.96. The van der Waals surface area contributed by atoms with Gasteiger partial charge in [0, 0.05) is 49.7 Å². The SMILES string of the molecule is CC1=c2ccc([nH]2)=Cc2ccc([nH]2)C(c2ccccc2)=c2ccc([nH]2)=Cc2ccc1[nH]2. The molecule has 5 heterocycles. The van der Waals surface area contributed by atoms with Crippen molar-refractivity contribution in [2.24, 2.45) is 0 Å². The minimum absolute atomic E-state index is 1.06. The summed E-state index contributed by atoms with van der Waals surface area (Å²) in [5.74, 6) is 0. The Hall–Kier alpha value is -4.18. The zero-order chi connectivity index (χ0) is 20.8. The van der Waals surface area contributed by atoms with Crippen molar-refractivity contribution in [3.8, 4) is 0 Å². The molecule has 1 aliphatic heterocycles. The average molecular weight is 403 g/mol. The summed E-state index contributed by atoms with van der Waals surface area (Å²) in [4.78, 5) is 14.3. The van der Waals surface area contributed by atoms with E-state index in [4.69, 9.17) is 0 Å². The second-order valence-corrected chi connectivity index (χ2v) is 7.96. The molecule has 0 saturated heterocycles. The molecule has 4 N–H and O–H groups in total. The Morgan fingerprint density at radius 2 is 1.13 bits per heavy atom. The molecule has 0 unspecified atom stereocenters. The molecule has 4 nitrogen and oxygen atoms in total. The van der Waals surface area contributed by atoms with Crippen LogP contribution in [0.3, 0.4) is 0 Å². The number of H-pyrrole nitrogens is 4. The van der Waals surface area contributed by atoms with Crippen molar-refractivity contribution >= 4 is 23.3 Å². The monoisotopic (exact) mass is 402 g/mol. The topological polar surface area (TPSA) is 63.2 Å². The van der Waals surface area contributed by atoms with Gasteiger partial charge in [-0.2, -0.15) is 0 Å². The highest BCUT2D eigenvalue weighted by Crippen LogP contribution is 2.20. The molecule has 0 saturated carbocycles. The Bertz CT molecular complexity index is 1640. The number of rotatable bonds is 1. The van der Waals surface area contributed by atoms with Crippen LogP contribution in [-0.2, 0) is 0 Å². The predicted molar refractivity (Wildman–Crippen MR) is 125 cm³/mol. The summed E-state index contributed by atoms with van der Waals surface area (Å²) in [6.45, 7) is 2.13. The fourth-order valence-electron chi connectivity index (χ4n) is 4.25. The van der Waals surface area contributed by atoms with E-state index in [0.29, 0.717) is 0 Å². The highest BCUT2D eigenvalue weighted by Gasteiger charge is 2.10. The van der Waals surface area contributed by atoms with Gasteiger partial charge in [-0.05, 0) is 78.7 Å². The zero-order valence-corrected chi connectivity index (χ0v) is 17.2. The molecule has 8 bridgehead atoms. The standard InChI is InChI=1S/C27H22N4/c1-17-23-11-7-19(28-23)15-21-9-13-25(30-21)27(18-5-3-2-4-6-18)26-14-10-22(31-26)16-20-8-12-24(17)29-20/h2-16,28-31H,1H3.